The highest BCUT2D eigenvalue weighted by Crippen LogP contribution is 2.25. The molecule has 1 fully saturated rings. The third kappa shape index (κ3) is 4.45. The molecule has 8 heteroatoms. The molecule has 4 rings (SSSR count). The number of nitrogens with one attached hydrogen (secondary N) is 2. The van der Waals surface area contributed by atoms with Crippen molar-refractivity contribution in [1.82, 2.24) is 9.97 Å². The molecule has 0 spiro atoms. The minimum absolute atomic E-state index is 0.0760. The normalized spacial score (nSPS) is 18.0. The summed E-state index contributed by atoms with van der Waals surface area (Å²) in [7, 11) is -3.01. The zero-order valence-electron chi connectivity index (χ0n) is 15.0. The van der Waals surface area contributed by atoms with Crippen molar-refractivity contribution in [1.29, 1.82) is 0 Å². The molecule has 1 aliphatic heterocycles. The molecule has 0 bridgehead atoms. The van der Waals surface area contributed by atoms with Crippen LogP contribution >= 0.6 is 0 Å². The molecular formula is C20H19FN4O2S. The summed E-state index contributed by atoms with van der Waals surface area (Å²) in [5, 5.41) is 6.29. The van der Waals surface area contributed by atoms with Gasteiger partial charge in [0.05, 0.1) is 17.2 Å². The molecule has 1 aliphatic rings. The van der Waals surface area contributed by atoms with Crippen LogP contribution in [-0.2, 0) is 9.84 Å². The van der Waals surface area contributed by atoms with Gasteiger partial charge in [0.25, 0.3) is 0 Å². The number of sulfone groups is 1. The van der Waals surface area contributed by atoms with Gasteiger partial charge in [0.2, 0.25) is 5.95 Å². The summed E-state index contributed by atoms with van der Waals surface area (Å²) >= 11 is 0. The molecule has 144 valence electrons. The Kier molecular flexibility index (Phi) is 4.95. The maximum absolute atomic E-state index is 13.2. The molecule has 0 aliphatic carbocycles. The molecule has 6 nitrogen and oxygen atoms in total. The average Bonchev–Trinajstić information content (AvgIpc) is 3.02. The molecule has 3 aromatic rings. The van der Waals surface area contributed by atoms with Gasteiger partial charge < -0.3 is 10.6 Å². The van der Waals surface area contributed by atoms with E-state index in [9.17, 15) is 12.8 Å². The van der Waals surface area contributed by atoms with Crippen LogP contribution in [-0.4, -0.2) is 35.9 Å². The van der Waals surface area contributed by atoms with Crippen LogP contribution in [0.25, 0.3) is 11.3 Å². The van der Waals surface area contributed by atoms with Gasteiger partial charge in [0.15, 0.2) is 9.84 Å². The van der Waals surface area contributed by atoms with Crippen molar-refractivity contribution >= 4 is 27.3 Å². The van der Waals surface area contributed by atoms with Gasteiger partial charge in [-0.3, -0.25) is 0 Å². The first kappa shape index (κ1) is 18.4. The van der Waals surface area contributed by atoms with Crippen molar-refractivity contribution in [3.8, 4) is 11.3 Å². The summed E-state index contributed by atoms with van der Waals surface area (Å²) in [4.78, 5) is 9.02. The second kappa shape index (κ2) is 7.55. The Morgan fingerprint density at radius 2 is 1.75 bits per heavy atom. The predicted octanol–water partition coefficient (Wildman–Crippen LogP) is 3.63. The molecule has 1 saturated heterocycles. The minimum atomic E-state index is -3.01. The average molecular weight is 398 g/mol. The first-order chi connectivity index (χ1) is 13.5. The molecule has 1 atom stereocenters. The van der Waals surface area contributed by atoms with Gasteiger partial charge in [-0.1, -0.05) is 30.3 Å². The van der Waals surface area contributed by atoms with Crippen LogP contribution in [0.1, 0.15) is 6.42 Å². The number of aromatic nitrogens is 2. The van der Waals surface area contributed by atoms with Crippen LogP contribution in [0.15, 0.2) is 60.7 Å². The monoisotopic (exact) mass is 398 g/mol. The van der Waals surface area contributed by atoms with E-state index in [0.29, 0.717) is 29.6 Å². The Balaban J connectivity index is 1.65. The first-order valence-electron chi connectivity index (χ1n) is 8.91. The number of hydrogen-bond donors (Lipinski definition) is 2. The van der Waals surface area contributed by atoms with Crippen molar-refractivity contribution < 1.29 is 12.8 Å². The molecule has 0 amide bonds. The number of hydrogen-bond acceptors (Lipinski definition) is 6. The molecule has 1 aromatic heterocycles. The number of rotatable bonds is 5. The summed E-state index contributed by atoms with van der Waals surface area (Å²) in [6, 6.07) is 17.2. The van der Waals surface area contributed by atoms with Crippen LogP contribution in [0.5, 0.6) is 0 Å². The standard InChI is InChI=1S/C20H19FN4O2S/c21-15-6-8-16(9-7-15)22-19-12-18(14-4-2-1-3-5-14)24-20(25-19)23-17-10-11-28(26,27)13-17/h1-9,12,17H,10-11,13H2,(H2,22,23,24,25). The van der Waals surface area contributed by atoms with E-state index in [1.807, 2.05) is 30.3 Å². The van der Waals surface area contributed by atoms with Crippen LogP contribution in [0.3, 0.4) is 0 Å². The van der Waals surface area contributed by atoms with E-state index in [0.717, 1.165) is 5.56 Å². The Morgan fingerprint density at radius 1 is 1.00 bits per heavy atom. The van der Waals surface area contributed by atoms with Crippen molar-refractivity contribution in [3.63, 3.8) is 0 Å². The fourth-order valence-corrected chi connectivity index (χ4v) is 4.78. The van der Waals surface area contributed by atoms with Crippen molar-refractivity contribution in [2.24, 2.45) is 0 Å². The number of halogens is 1. The van der Waals surface area contributed by atoms with Gasteiger partial charge in [0.1, 0.15) is 11.6 Å². The molecule has 2 heterocycles. The largest absolute Gasteiger partial charge is 0.350 e. The summed E-state index contributed by atoms with van der Waals surface area (Å²) in [5.74, 6) is 0.816. The summed E-state index contributed by atoms with van der Waals surface area (Å²) in [5.41, 5.74) is 2.30. The molecule has 0 saturated carbocycles. The zero-order chi connectivity index (χ0) is 19.6. The SMILES string of the molecule is O=S1(=O)CCC(Nc2nc(Nc3ccc(F)cc3)cc(-c3ccccc3)n2)C1. The quantitative estimate of drug-likeness (QED) is 0.683. The highest BCUT2D eigenvalue weighted by molar-refractivity contribution is 7.91. The van der Waals surface area contributed by atoms with Crippen molar-refractivity contribution in [3.05, 3.63) is 66.5 Å². The van der Waals surface area contributed by atoms with Gasteiger partial charge in [0, 0.05) is 23.4 Å². The maximum Gasteiger partial charge on any atom is 0.225 e. The zero-order valence-corrected chi connectivity index (χ0v) is 15.8. The summed E-state index contributed by atoms with van der Waals surface area (Å²) in [6.45, 7) is 0. The van der Waals surface area contributed by atoms with E-state index in [1.165, 1.54) is 12.1 Å². The van der Waals surface area contributed by atoms with Crippen LogP contribution in [0.2, 0.25) is 0 Å². The van der Waals surface area contributed by atoms with Gasteiger partial charge in [-0.15, -0.1) is 0 Å². The lowest BCUT2D eigenvalue weighted by Gasteiger charge is -2.14. The van der Waals surface area contributed by atoms with Crippen LogP contribution < -0.4 is 10.6 Å². The van der Waals surface area contributed by atoms with Gasteiger partial charge in [-0.25, -0.2) is 17.8 Å². The van der Waals surface area contributed by atoms with Gasteiger partial charge >= 0.3 is 0 Å². The molecule has 0 radical (unpaired) electrons. The third-order valence-corrected chi connectivity index (χ3v) is 6.25. The Hall–Kier alpha value is -3.00. The lowest BCUT2D eigenvalue weighted by atomic mass is 10.1. The Bertz CT molecular complexity index is 1070. The maximum atomic E-state index is 13.2. The molecule has 2 aromatic carbocycles. The predicted molar refractivity (Wildman–Crippen MR) is 108 cm³/mol. The number of anilines is 3. The molecular weight excluding hydrogens is 379 g/mol. The summed E-state index contributed by atoms with van der Waals surface area (Å²) < 4.78 is 36.6. The minimum Gasteiger partial charge on any atom is -0.350 e. The highest BCUT2D eigenvalue weighted by Gasteiger charge is 2.28. The van der Waals surface area contributed by atoms with E-state index >= 15 is 0 Å². The Morgan fingerprint density at radius 3 is 2.43 bits per heavy atom. The Labute approximate surface area is 162 Å². The summed E-state index contributed by atoms with van der Waals surface area (Å²) in [6.07, 6.45) is 0.530. The fraction of sp³-hybridized carbons (Fsp3) is 0.200. The lowest BCUT2D eigenvalue weighted by Crippen LogP contribution is -2.22. The van der Waals surface area contributed by atoms with Crippen LogP contribution in [0.4, 0.5) is 21.8 Å². The van der Waals surface area contributed by atoms with E-state index in [-0.39, 0.29) is 23.4 Å². The van der Waals surface area contributed by atoms with E-state index in [2.05, 4.69) is 20.6 Å². The number of benzene rings is 2. The molecule has 2 N–H and O–H groups in total. The van der Waals surface area contributed by atoms with E-state index < -0.39 is 9.84 Å². The van der Waals surface area contributed by atoms with Gasteiger partial charge in [-0.05, 0) is 30.7 Å². The van der Waals surface area contributed by atoms with Crippen LogP contribution in [0, 0.1) is 5.82 Å². The highest BCUT2D eigenvalue weighted by atomic mass is 32.2. The van der Waals surface area contributed by atoms with Gasteiger partial charge in [-0.2, -0.15) is 4.98 Å². The van der Waals surface area contributed by atoms with Crippen molar-refractivity contribution in [2.75, 3.05) is 22.1 Å². The first-order valence-corrected chi connectivity index (χ1v) is 10.7. The topological polar surface area (TPSA) is 84.0 Å². The number of nitrogens with zero attached hydrogens (tertiary/aromatic N) is 2. The molecule has 28 heavy (non-hydrogen) atoms. The van der Waals surface area contributed by atoms with E-state index in [1.54, 1.807) is 18.2 Å². The van der Waals surface area contributed by atoms with E-state index in [4.69, 9.17) is 0 Å². The third-order valence-electron chi connectivity index (χ3n) is 4.48. The second-order valence-corrected chi connectivity index (χ2v) is 8.93. The van der Waals surface area contributed by atoms with Crippen molar-refractivity contribution in [2.45, 2.75) is 12.5 Å². The second-order valence-electron chi connectivity index (χ2n) is 6.70. The fourth-order valence-electron chi connectivity index (χ4n) is 3.11. The lowest BCUT2D eigenvalue weighted by molar-refractivity contribution is 0.602. The smallest absolute Gasteiger partial charge is 0.225 e. The molecule has 1 unspecified atom stereocenters.